The molecule has 2 rings (SSSR count). The first-order chi connectivity index (χ1) is 6.16. The molecule has 0 N–H and O–H groups in total. The van der Waals surface area contributed by atoms with E-state index in [1.807, 2.05) is 13.8 Å². The Kier molecular flexibility index (Phi) is 2.55. The van der Waals surface area contributed by atoms with Crippen LogP contribution in [0.2, 0.25) is 0 Å². The molecule has 0 spiro atoms. The summed E-state index contributed by atoms with van der Waals surface area (Å²) in [6, 6.07) is 0. The average molecular weight is 188 g/mol. The van der Waals surface area contributed by atoms with Crippen molar-refractivity contribution in [2.24, 2.45) is 0 Å². The van der Waals surface area contributed by atoms with Crippen molar-refractivity contribution in [3.8, 4) is 0 Å². The highest BCUT2D eigenvalue weighted by Crippen LogP contribution is 2.19. The number of ether oxygens (including phenoxy) is 4. The summed E-state index contributed by atoms with van der Waals surface area (Å²) in [5, 5.41) is 0. The Morgan fingerprint density at radius 3 is 1.77 bits per heavy atom. The van der Waals surface area contributed by atoms with Crippen molar-refractivity contribution in [2.75, 3.05) is 26.4 Å². The minimum atomic E-state index is -0.516. The summed E-state index contributed by atoms with van der Waals surface area (Å²) >= 11 is 0. The molecule has 13 heavy (non-hydrogen) atoms. The Bertz CT molecular complexity index is 154. The third-order valence-corrected chi connectivity index (χ3v) is 2.04. The van der Waals surface area contributed by atoms with Gasteiger partial charge in [-0.2, -0.15) is 0 Å². The van der Waals surface area contributed by atoms with E-state index in [0.29, 0.717) is 25.4 Å². The van der Waals surface area contributed by atoms with Crippen LogP contribution in [0, 0.1) is 0 Å². The molecule has 4 heteroatoms. The number of rotatable bonds is 6. The summed E-state index contributed by atoms with van der Waals surface area (Å²) in [6.07, 6.45) is 0.583. The van der Waals surface area contributed by atoms with E-state index in [4.69, 9.17) is 18.9 Å². The lowest BCUT2D eigenvalue weighted by Gasteiger charge is -2.24. The van der Waals surface area contributed by atoms with Gasteiger partial charge in [-0.3, -0.25) is 0 Å². The zero-order valence-corrected chi connectivity index (χ0v) is 8.12. The lowest BCUT2D eigenvalue weighted by atomic mass is 10.3. The molecule has 0 radical (unpaired) electrons. The molecular weight excluding hydrogens is 172 g/mol. The number of hydrogen-bond acceptors (Lipinski definition) is 4. The van der Waals surface area contributed by atoms with Crippen LogP contribution in [0.5, 0.6) is 0 Å². The summed E-state index contributed by atoms with van der Waals surface area (Å²) in [7, 11) is 0. The van der Waals surface area contributed by atoms with E-state index in [9.17, 15) is 0 Å². The highest BCUT2D eigenvalue weighted by molar-refractivity contribution is 4.71. The summed E-state index contributed by atoms with van der Waals surface area (Å²) in [6.45, 7) is 6.72. The predicted molar refractivity (Wildman–Crippen MR) is 45.5 cm³/mol. The Morgan fingerprint density at radius 2 is 1.46 bits per heavy atom. The Hall–Kier alpha value is -0.160. The van der Waals surface area contributed by atoms with Crippen LogP contribution in [0.25, 0.3) is 0 Å². The average Bonchev–Trinajstić information content (AvgIpc) is 2.92. The largest absolute Gasteiger partial charge is 0.371 e. The molecule has 0 saturated carbocycles. The first kappa shape index (κ1) is 9.40. The van der Waals surface area contributed by atoms with E-state index < -0.39 is 5.79 Å². The normalized spacial score (nSPS) is 31.8. The summed E-state index contributed by atoms with van der Waals surface area (Å²) < 4.78 is 21.1. The Morgan fingerprint density at radius 1 is 1.08 bits per heavy atom. The molecule has 0 aromatic heterocycles. The third kappa shape index (κ3) is 3.60. The standard InChI is InChI=1S/C9H16O4/c1-9(2,12-5-7-3-10-7)13-6-8-4-11-8/h7-8H,3-6H2,1-2H3. The van der Waals surface area contributed by atoms with Crippen LogP contribution in [0.15, 0.2) is 0 Å². The third-order valence-electron chi connectivity index (χ3n) is 2.04. The maximum absolute atomic E-state index is 5.53. The van der Waals surface area contributed by atoms with Crippen LogP contribution in [0.3, 0.4) is 0 Å². The topological polar surface area (TPSA) is 43.5 Å². The maximum atomic E-state index is 5.53. The molecule has 0 aliphatic carbocycles. The van der Waals surface area contributed by atoms with Gasteiger partial charge in [0.1, 0.15) is 12.2 Å². The zero-order valence-electron chi connectivity index (χ0n) is 8.12. The van der Waals surface area contributed by atoms with Crippen molar-refractivity contribution in [1.29, 1.82) is 0 Å². The van der Waals surface area contributed by atoms with Gasteiger partial charge in [0.15, 0.2) is 5.79 Å². The van der Waals surface area contributed by atoms with E-state index in [0.717, 1.165) is 13.2 Å². The molecule has 2 heterocycles. The molecule has 2 unspecified atom stereocenters. The zero-order chi connectivity index (χ0) is 9.31. The first-order valence-electron chi connectivity index (χ1n) is 4.67. The molecule has 76 valence electrons. The minimum absolute atomic E-state index is 0.292. The molecule has 2 aliphatic rings. The highest BCUT2D eigenvalue weighted by Gasteiger charge is 2.30. The molecule has 0 aromatic carbocycles. The smallest absolute Gasteiger partial charge is 0.163 e. The van der Waals surface area contributed by atoms with Crippen LogP contribution in [-0.4, -0.2) is 44.4 Å². The lowest BCUT2D eigenvalue weighted by Crippen LogP contribution is -2.31. The van der Waals surface area contributed by atoms with Crippen molar-refractivity contribution in [2.45, 2.75) is 31.8 Å². The number of epoxide rings is 2. The highest BCUT2D eigenvalue weighted by atomic mass is 16.7. The van der Waals surface area contributed by atoms with Gasteiger partial charge in [0.05, 0.1) is 26.4 Å². The van der Waals surface area contributed by atoms with Gasteiger partial charge in [0, 0.05) is 0 Å². The quantitative estimate of drug-likeness (QED) is 0.451. The lowest BCUT2D eigenvalue weighted by molar-refractivity contribution is -0.216. The molecule has 0 amide bonds. The fraction of sp³-hybridized carbons (Fsp3) is 1.00. The van der Waals surface area contributed by atoms with Crippen molar-refractivity contribution < 1.29 is 18.9 Å². The first-order valence-corrected chi connectivity index (χ1v) is 4.67. The van der Waals surface area contributed by atoms with Gasteiger partial charge in [-0.1, -0.05) is 0 Å². The predicted octanol–water partition coefficient (Wildman–Crippen LogP) is 0.553. The summed E-state index contributed by atoms with van der Waals surface area (Å²) in [5.74, 6) is -0.516. The van der Waals surface area contributed by atoms with Crippen LogP contribution in [-0.2, 0) is 18.9 Å². The van der Waals surface area contributed by atoms with Crippen LogP contribution >= 0.6 is 0 Å². The van der Waals surface area contributed by atoms with Gasteiger partial charge in [-0.25, -0.2) is 0 Å². The van der Waals surface area contributed by atoms with Crippen molar-refractivity contribution >= 4 is 0 Å². The molecule has 4 nitrogen and oxygen atoms in total. The van der Waals surface area contributed by atoms with Crippen molar-refractivity contribution in [1.82, 2.24) is 0 Å². The molecule has 0 bridgehead atoms. The van der Waals surface area contributed by atoms with E-state index in [1.165, 1.54) is 0 Å². The second-order valence-corrected chi connectivity index (χ2v) is 3.93. The van der Waals surface area contributed by atoms with E-state index in [-0.39, 0.29) is 0 Å². The maximum Gasteiger partial charge on any atom is 0.163 e. The summed E-state index contributed by atoms with van der Waals surface area (Å²) in [5.41, 5.74) is 0. The van der Waals surface area contributed by atoms with Crippen molar-refractivity contribution in [3.63, 3.8) is 0 Å². The van der Waals surface area contributed by atoms with Crippen LogP contribution in [0.4, 0.5) is 0 Å². The molecule has 2 atom stereocenters. The number of hydrogen-bond donors (Lipinski definition) is 0. The van der Waals surface area contributed by atoms with E-state index in [1.54, 1.807) is 0 Å². The SMILES string of the molecule is CC(C)(OCC1CO1)OCC1CO1. The van der Waals surface area contributed by atoms with E-state index in [2.05, 4.69) is 0 Å². The fourth-order valence-corrected chi connectivity index (χ4v) is 0.957. The molecule has 2 saturated heterocycles. The molecule has 2 aliphatic heterocycles. The van der Waals surface area contributed by atoms with E-state index >= 15 is 0 Å². The monoisotopic (exact) mass is 188 g/mol. The van der Waals surface area contributed by atoms with Gasteiger partial charge in [0.25, 0.3) is 0 Å². The Balaban J connectivity index is 1.60. The summed E-state index contributed by atoms with van der Waals surface area (Å²) in [4.78, 5) is 0. The molecular formula is C9H16O4. The van der Waals surface area contributed by atoms with Gasteiger partial charge < -0.3 is 18.9 Å². The molecule has 2 fully saturated rings. The second kappa shape index (κ2) is 3.53. The second-order valence-electron chi connectivity index (χ2n) is 3.93. The van der Waals surface area contributed by atoms with Gasteiger partial charge in [-0.15, -0.1) is 0 Å². The van der Waals surface area contributed by atoms with Crippen LogP contribution < -0.4 is 0 Å². The minimum Gasteiger partial charge on any atom is -0.371 e. The molecule has 0 aromatic rings. The van der Waals surface area contributed by atoms with Crippen molar-refractivity contribution in [3.05, 3.63) is 0 Å². The van der Waals surface area contributed by atoms with Crippen LogP contribution in [0.1, 0.15) is 13.8 Å². The Labute approximate surface area is 78.1 Å². The fourth-order valence-electron chi connectivity index (χ4n) is 0.957. The van der Waals surface area contributed by atoms with Gasteiger partial charge in [-0.05, 0) is 13.8 Å². The van der Waals surface area contributed by atoms with Gasteiger partial charge in [0.2, 0.25) is 0 Å². The van der Waals surface area contributed by atoms with Gasteiger partial charge >= 0.3 is 0 Å².